The third-order valence-electron chi connectivity index (χ3n) is 3.49. The molecule has 2 aromatic heterocycles. The Kier molecular flexibility index (Phi) is 4.79. The fourth-order valence-corrected chi connectivity index (χ4v) is 4.16. The van der Waals surface area contributed by atoms with Gasteiger partial charge in [0.15, 0.2) is 0 Å². The number of sulfonamides is 1. The van der Waals surface area contributed by atoms with Crippen LogP contribution in [0.2, 0.25) is 0 Å². The summed E-state index contributed by atoms with van der Waals surface area (Å²) in [6, 6.07) is 8.80. The predicted molar refractivity (Wildman–Crippen MR) is 97.0 cm³/mol. The van der Waals surface area contributed by atoms with Crippen LogP contribution in [0.3, 0.4) is 0 Å². The highest BCUT2D eigenvalue weighted by Crippen LogP contribution is 2.27. The smallest absolute Gasteiger partial charge is 0.240 e. The fraction of sp³-hybridized carbons (Fsp3) is 0.250. The average molecular weight is 362 g/mol. The van der Waals surface area contributed by atoms with Crippen LogP contribution in [0.5, 0.6) is 0 Å². The van der Waals surface area contributed by atoms with Gasteiger partial charge in [-0.15, -0.1) is 11.3 Å². The normalized spacial score (nSPS) is 11.8. The van der Waals surface area contributed by atoms with Crippen molar-refractivity contribution < 1.29 is 8.42 Å². The van der Waals surface area contributed by atoms with Gasteiger partial charge in [-0.1, -0.05) is 17.7 Å². The molecule has 0 amide bonds. The summed E-state index contributed by atoms with van der Waals surface area (Å²) >= 11 is 1.61. The van der Waals surface area contributed by atoms with Crippen molar-refractivity contribution in [1.29, 1.82) is 0 Å². The zero-order chi connectivity index (χ0) is 17.2. The molecule has 24 heavy (non-hydrogen) atoms. The number of fused-ring (bicyclic) bond motifs is 1. The van der Waals surface area contributed by atoms with E-state index < -0.39 is 10.0 Å². The molecular weight excluding hydrogens is 344 g/mol. The second kappa shape index (κ2) is 6.84. The zero-order valence-corrected chi connectivity index (χ0v) is 15.0. The number of nitrogens with zero attached hydrogens (tertiary/aromatic N) is 2. The van der Waals surface area contributed by atoms with Gasteiger partial charge < -0.3 is 5.32 Å². The Morgan fingerprint density at radius 1 is 1.08 bits per heavy atom. The lowest BCUT2D eigenvalue weighted by Gasteiger charge is -2.09. The third-order valence-corrected chi connectivity index (χ3v) is 5.93. The molecule has 0 saturated heterocycles. The van der Waals surface area contributed by atoms with Crippen LogP contribution in [-0.4, -0.2) is 31.5 Å². The van der Waals surface area contributed by atoms with Gasteiger partial charge in [0.1, 0.15) is 17.0 Å². The molecule has 0 bridgehead atoms. The number of rotatable bonds is 6. The van der Waals surface area contributed by atoms with Crippen LogP contribution in [0.15, 0.2) is 41.6 Å². The Bertz CT molecular complexity index is 950. The Morgan fingerprint density at radius 3 is 2.58 bits per heavy atom. The predicted octanol–water partition coefficient (Wildman–Crippen LogP) is 2.70. The molecule has 0 saturated carbocycles. The molecule has 0 unspecified atom stereocenters. The lowest BCUT2D eigenvalue weighted by molar-refractivity contribution is 0.583. The molecule has 0 aliphatic rings. The van der Waals surface area contributed by atoms with Gasteiger partial charge in [-0.05, 0) is 32.0 Å². The summed E-state index contributed by atoms with van der Waals surface area (Å²) in [6.07, 6.45) is 1.51. The Balaban J connectivity index is 1.61. The van der Waals surface area contributed by atoms with Crippen LogP contribution >= 0.6 is 11.3 Å². The average Bonchev–Trinajstić information content (AvgIpc) is 2.93. The highest BCUT2D eigenvalue weighted by molar-refractivity contribution is 7.89. The number of aromatic nitrogens is 2. The number of hydrogen-bond acceptors (Lipinski definition) is 6. The maximum Gasteiger partial charge on any atom is 0.240 e. The van der Waals surface area contributed by atoms with Crippen LogP contribution in [-0.2, 0) is 10.0 Å². The molecule has 126 valence electrons. The summed E-state index contributed by atoms with van der Waals surface area (Å²) in [6.45, 7) is 4.64. The Morgan fingerprint density at radius 2 is 1.83 bits per heavy atom. The molecule has 6 nitrogen and oxygen atoms in total. The summed E-state index contributed by atoms with van der Waals surface area (Å²) in [5.74, 6) is 0.721. The first-order chi connectivity index (χ1) is 11.5. The lowest BCUT2D eigenvalue weighted by Crippen LogP contribution is -2.29. The molecule has 3 rings (SSSR count). The van der Waals surface area contributed by atoms with E-state index in [2.05, 4.69) is 20.0 Å². The number of aryl methyl sites for hydroxylation is 2. The summed E-state index contributed by atoms with van der Waals surface area (Å²) in [4.78, 5) is 10.8. The van der Waals surface area contributed by atoms with E-state index in [4.69, 9.17) is 0 Å². The summed E-state index contributed by atoms with van der Waals surface area (Å²) in [5, 5.41) is 4.12. The van der Waals surface area contributed by atoms with Crippen molar-refractivity contribution in [2.75, 3.05) is 18.4 Å². The minimum atomic E-state index is -3.49. The third kappa shape index (κ3) is 3.72. The van der Waals surface area contributed by atoms with E-state index in [-0.39, 0.29) is 11.4 Å². The first-order valence-corrected chi connectivity index (χ1v) is 9.77. The topological polar surface area (TPSA) is 84.0 Å². The van der Waals surface area contributed by atoms with Gasteiger partial charge in [0.25, 0.3) is 0 Å². The Labute approximate surface area is 145 Å². The van der Waals surface area contributed by atoms with Gasteiger partial charge in [0, 0.05) is 18.0 Å². The first-order valence-electron chi connectivity index (χ1n) is 7.47. The number of hydrogen-bond donors (Lipinski definition) is 2. The molecular formula is C16H18N4O2S2. The Hall–Kier alpha value is -2.03. The van der Waals surface area contributed by atoms with Gasteiger partial charge in [-0.25, -0.2) is 23.1 Å². The molecule has 3 aromatic rings. The minimum Gasteiger partial charge on any atom is -0.368 e. The molecule has 0 radical (unpaired) electrons. The van der Waals surface area contributed by atoms with E-state index in [9.17, 15) is 8.42 Å². The van der Waals surface area contributed by atoms with Gasteiger partial charge in [0.05, 0.1) is 10.3 Å². The SMILES string of the molecule is Cc1ccc(S(=O)(=O)NCCNc2ncnc3sc(C)cc23)cc1. The van der Waals surface area contributed by atoms with Crippen LogP contribution < -0.4 is 10.0 Å². The van der Waals surface area contributed by atoms with Gasteiger partial charge >= 0.3 is 0 Å². The minimum absolute atomic E-state index is 0.269. The highest BCUT2D eigenvalue weighted by Gasteiger charge is 2.13. The number of anilines is 1. The summed E-state index contributed by atoms with van der Waals surface area (Å²) < 4.78 is 27.0. The lowest BCUT2D eigenvalue weighted by atomic mass is 10.2. The number of thiophene rings is 1. The van der Waals surface area contributed by atoms with Crippen molar-refractivity contribution in [3.05, 3.63) is 47.1 Å². The van der Waals surface area contributed by atoms with Gasteiger partial charge in [0.2, 0.25) is 10.0 Å². The number of nitrogens with one attached hydrogen (secondary N) is 2. The summed E-state index contributed by atoms with van der Waals surface area (Å²) in [7, 11) is -3.49. The molecule has 0 spiro atoms. The van der Waals surface area contributed by atoms with E-state index in [1.807, 2.05) is 19.9 Å². The van der Waals surface area contributed by atoms with Gasteiger partial charge in [-0.2, -0.15) is 0 Å². The van der Waals surface area contributed by atoms with Crippen LogP contribution in [0.25, 0.3) is 10.2 Å². The van der Waals surface area contributed by atoms with Crippen molar-refractivity contribution in [2.24, 2.45) is 0 Å². The molecule has 0 fully saturated rings. The van der Waals surface area contributed by atoms with Crippen molar-refractivity contribution in [3.8, 4) is 0 Å². The zero-order valence-electron chi connectivity index (χ0n) is 13.4. The van der Waals surface area contributed by atoms with Crippen molar-refractivity contribution in [3.63, 3.8) is 0 Å². The van der Waals surface area contributed by atoms with Crippen molar-refractivity contribution in [2.45, 2.75) is 18.7 Å². The second-order valence-corrected chi connectivity index (χ2v) is 8.44. The van der Waals surface area contributed by atoms with E-state index in [1.165, 1.54) is 6.33 Å². The molecule has 0 atom stereocenters. The first kappa shape index (κ1) is 16.8. The van der Waals surface area contributed by atoms with Crippen molar-refractivity contribution in [1.82, 2.24) is 14.7 Å². The van der Waals surface area contributed by atoms with Crippen LogP contribution in [0.4, 0.5) is 5.82 Å². The molecule has 8 heteroatoms. The largest absolute Gasteiger partial charge is 0.368 e. The quantitative estimate of drug-likeness (QED) is 0.659. The van der Waals surface area contributed by atoms with E-state index in [0.29, 0.717) is 6.54 Å². The van der Waals surface area contributed by atoms with E-state index >= 15 is 0 Å². The maximum absolute atomic E-state index is 12.2. The molecule has 0 aliphatic heterocycles. The van der Waals surface area contributed by atoms with E-state index in [1.54, 1.807) is 35.6 Å². The standard InChI is InChI=1S/C16H18N4O2S2/c1-11-3-5-13(6-4-11)24(21,22)20-8-7-17-15-14-9-12(2)23-16(14)19-10-18-15/h3-6,9-10,20H,7-8H2,1-2H3,(H,17,18,19). The molecule has 0 aliphatic carbocycles. The summed E-state index contributed by atoms with van der Waals surface area (Å²) in [5.41, 5.74) is 1.02. The molecule has 2 N–H and O–H groups in total. The van der Waals surface area contributed by atoms with Crippen LogP contribution in [0.1, 0.15) is 10.4 Å². The maximum atomic E-state index is 12.2. The van der Waals surface area contributed by atoms with Crippen molar-refractivity contribution >= 4 is 37.4 Å². The van der Waals surface area contributed by atoms with E-state index in [0.717, 1.165) is 26.5 Å². The fourth-order valence-electron chi connectivity index (χ4n) is 2.28. The monoisotopic (exact) mass is 362 g/mol. The van der Waals surface area contributed by atoms with Crippen LogP contribution in [0, 0.1) is 13.8 Å². The highest BCUT2D eigenvalue weighted by atomic mass is 32.2. The number of benzene rings is 1. The van der Waals surface area contributed by atoms with Gasteiger partial charge in [-0.3, -0.25) is 0 Å². The molecule has 1 aromatic carbocycles. The second-order valence-electron chi connectivity index (χ2n) is 5.44. The molecule has 2 heterocycles.